The monoisotopic (exact) mass is 425 g/mol. The Labute approximate surface area is 190 Å². The van der Waals surface area contributed by atoms with Gasteiger partial charge in [0.05, 0.1) is 5.69 Å². The molecule has 1 aliphatic rings. The van der Waals surface area contributed by atoms with Crippen LogP contribution >= 0.6 is 0 Å². The van der Waals surface area contributed by atoms with Crippen molar-refractivity contribution in [3.05, 3.63) is 77.6 Å². The molecule has 5 nitrogen and oxygen atoms in total. The van der Waals surface area contributed by atoms with Crippen LogP contribution in [0, 0.1) is 13.8 Å². The first-order chi connectivity index (χ1) is 15.7. The second-order valence-electron chi connectivity index (χ2n) is 8.68. The molecule has 5 heteroatoms. The van der Waals surface area contributed by atoms with E-state index in [1.54, 1.807) is 0 Å². The molecule has 0 radical (unpaired) electrons. The van der Waals surface area contributed by atoms with E-state index in [0.717, 1.165) is 67.4 Å². The molecule has 1 fully saturated rings. The number of hydrogen-bond acceptors (Lipinski definition) is 4. The average Bonchev–Trinajstić information content (AvgIpc) is 3.15. The fourth-order valence-corrected chi connectivity index (χ4v) is 4.80. The first-order valence-corrected chi connectivity index (χ1v) is 11.7. The lowest BCUT2D eigenvalue weighted by molar-refractivity contribution is 0.636. The highest BCUT2D eigenvalue weighted by atomic mass is 15.4. The minimum atomic E-state index is 0.969. The summed E-state index contributed by atoms with van der Waals surface area (Å²) in [4.78, 5) is 10.0. The zero-order valence-electron chi connectivity index (χ0n) is 19.3. The van der Waals surface area contributed by atoms with E-state index in [2.05, 4.69) is 95.8 Å². The van der Waals surface area contributed by atoms with Gasteiger partial charge in [-0.3, -0.25) is 0 Å². The molecule has 0 saturated carbocycles. The van der Waals surface area contributed by atoms with Crippen LogP contribution < -0.4 is 9.80 Å². The van der Waals surface area contributed by atoms with Gasteiger partial charge in [0.2, 0.25) is 0 Å². The fourth-order valence-electron chi connectivity index (χ4n) is 4.80. The Morgan fingerprint density at radius 1 is 0.844 bits per heavy atom. The number of hydrogen-bond donors (Lipinski definition) is 0. The largest absolute Gasteiger partial charge is 0.368 e. The summed E-state index contributed by atoms with van der Waals surface area (Å²) in [6, 6.07) is 21.5. The lowest BCUT2D eigenvalue weighted by Gasteiger charge is -2.38. The lowest BCUT2D eigenvalue weighted by Crippen LogP contribution is -2.47. The summed E-state index contributed by atoms with van der Waals surface area (Å²) >= 11 is 0. The molecule has 0 aliphatic carbocycles. The normalized spacial score (nSPS) is 14.3. The fraction of sp³-hybridized carbons (Fsp3) is 0.333. The molecule has 2 aromatic carbocycles. The molecule has 5 rings (SSSR count). The van der Waals surface area contributed by atoms with Crippen LogP contribution in [-0.4, -0.2) is 40.8 Å². The summed E-state index contributed by atoms with van der Waals surface area (Å²) in [5, 5.41) is 4.96. The number of fused-ring (bicyclic) bond motifs is 1. The summed E-state index contributed by atoms with van der Waals surface area (Å²) in [5.74, 6) is 1.16. The number of anilines is 2. The molecule has 4 aromatic rings. The van der Waals surface area contributed by atoms with Crippen molar-refractivity contribution in [3.63, 3.8) is 0 Å². The van der Waals surface area contributed by atoms with Gasteiger partial charge < -0.3 is 9.80 Å². The van der Waals surface area contributed by atoms with Gasteiger partial charge in [0.1, 0.15) is 5.82 Å². The zero-order valence-corrected chi connectivity index (χ0v) is 19.3. The maximum atomic E-state index is 5.06. The highest BCUT2D eigenvalue weighted by Crippen LogP contribution is 2.31. The predicted octanol–water partition coefficient (Wildman–Crippen LogP) is 5.29. The minimum Gasteiger partial charge on any atom is -0.368 e. The van der Waals surface area contributed by atoms with Gasteiger partial charge in [-0.25, -0.2) is 4.98 Å². The Morgan fingerprint density at radius 3 is 2.25 bits per heavy atom. The molecule has 0 spiro atoms. The predicted molar refractivity (Wildman–Crippen MR) is 133 cm³/mol. The number of rotatable bonds is 5. The molecule has 0 atom stereocenters. The molecule has 3 heterocycles. The van der Waals surface area contributed by atoms with Crippen LogP contribution in [-0.2, 0) is 6.42 Å². The highest BCUT2D eigenvalue weighted by Gasteiger charge is 2.23. The summed E-state index contributed by atoms with van der Waals surface area (Å²) < 4.78 is 2.07. The summed E-state index contributed by atoms with van der Waals surface area (Å²) in [5.41, 5.74) is 8.15. The van der Waals surface area contributed by atoms with Crippen molar-refractivity contribution in [1.29, 1.82) is 0 Å². The van der Waals surface area contributed by atoms with Crippen LogP contribution in [0.25, 0.3) is 16.8 Å². The number of aromatic nitrogens is 3. The van der Waals surface area contributed by atoms with E-state index in [1.807, 2.05) is 0 Å². The quantitative estimate of drug-likeness (QED) is 0.435. The van der Waals surface area contributed by atoms with Crippen LogP contribution in [0.15, 0.2) is 60.7 Å². The Morgan fingerprint density at radius 2 is 1.53 bits per heavy atom. The molecule has 0 amide bonds. The highest BCUT2D eigenvalue weighted by molar-refractivity contribution is 5.81. The van der Waals surface area contributed by atoms with Gasteiger partial charge in [-0.15, -0.1) is 0 Å². The zero-order chi connectivity index (χ0) is 22.1. The molecule has 0 unspecified atom stereocenters. The number of piperazine rings is 1. The van der Waals surface area contributed by atoms with Gasteiger partial charge in [-0.1, -0.05) is 61.9 Å². The van der Waals surface area contributed by atoms with Gasteiger partial charge in [-0.2, -0.15) is 9.61 Å². The van der Waals surface area contributed by atoms with Crippen molar-refractivity contribution in [2.24, 2.45) is 0 Å². The molecule has 32 heavy (non-hydrogen) atoms. The molecular weight excluding hydrogens is 394 g/mol. The van der Waals surface area contributed by atoms with Crippen LogP contribution in [0.1, 0.15) is 30.3 Å². The summed E-state index contributed by atoms with van der Waals surface area (Å²) in [6.07, 6.45) is 2.06. The third kappa shape index (κ3) is 3.72. The van der Waals surface area contributed by atoms with E-state index in [4.69, 9.17) is 10.1 Å². The molecule has 1 saturated heterocycles. The smallest absolute Gasteiger partial charge is 0.165 e. The Kier molecular flexibility index (Phi) is 5.56. The van der Waals surface area contributed by atoms with Gasteiger partial charge >= 0.3 is 0 Å². The van der Waals surface area contributed by atoms with Crippen molar-refractivity contribution < 1.29 is 0 Å². The summed E-state index contributed by atoms with van der Waals surface area (Å²) in [6.45, 7) is 10.5. The van der Waals surface area contributed by atoms with Gasteiger partial charge in [-0.05, 0) is 37.5 Å². The molecule has 0 N–H and O–H groups in total. The van der Waals surface area contributed by atoms with Crippen LogP contribution in [0.5, 0.6) is 0 Å². The summed E-state index contributed by atoms with van der Waals surface area (Å²) in [7, 11) is 0. The standard InChI is InChI=1S/C27H31N5/c1-4-10-23-19-25(31-17-15-30(16-18-31)24-14-9-8-11-20(24)2)32-27(28-23)26(21(3)29-32)22-12-6-5-7-13-22/h5-9,11-14,19H,4,10,15-18H2,1-3H3. The van der Waals surface area contributed by atoms with E-state index < -0.39 is 0 Å². The Hall–Kier alpha value is -3.34. The molecule has 0 bridgehead atoms. The van der Waals surface area contributed by atoms with E-state index >= 15 is 0 Å². The first-order valence-electron chi connectivity index (χ1n) is 11.7. The van der Waals surface area contributed by atoms with Crippen molar-refractivity contribution >= 4 is 17.2 Å². The number of nitrogens with zero attached hydrogens (tertiary/aromatic N) is 5. The second-order valence-corrected chi connectivity index (χ2v) is 8.68. The van der Waals surface area contributed by atoms with E-state index in [9.17, 15) is 0 Å². The lowest BCUT2D eigenvalue weighted by atomic mass is 10.1. The van der Waals surface area contributed by atoms with Crippen molar-refractivity contribution in [2.75, 3.05) is 36.0 Å². The average molecular weight is 426 g/mol. The number of para-hydroxylation sites is 1. The van der Waals surface area contributed by atoms with Crippen LogP contribution in [0.3, 0.4) is 0 Å². The third-order valence-corrected chi connectivity index (χ3v) is 6.43. The topological polar surface area (TPSA) is 36.7 Å². The second kappa shape index (κ2) is 8.65. The Balaban J connectivity index is 1.52. The molecule has 164 valence electrons. The number of aryl methyl sites for hydroxylation is 3. The van der Waals surface area contributed by atoms with Crippen LogP contribution in [0.2, 0.25) is 0 Å². The maximum Gasteiger partial charge on any atom is 0.165 e. The van der Waals surface area contributed by atoms with Crippen molar-refractivity contribution in [2.45, 2.75) is 33.6 Å². The maximum absolute atomic E-state index is 5.06. The first kappa shape index (κ1) is 20.6. The van der Waals surface area contributed by atoms with E-state index in [0.29, 0.717) is 0 Å². The van der Waals surface area contributed by atoms with Crippen LogP contribution in [0.4, 0.5) is 11.5 Å². The van der Waals surface area contributed by atoms with Crippen molar-refractivity contribution in [1.82, 2.24) is 14.6 Å². The van der Waals surface area contributed by atoms with Gasteiger partial charge in [0, 0.05) is 49.2 Å². The Bertz CT molecular complexity index is 1220. The van der Waals surface area contributed by atoms with E-state index in [1.165, 1.54) is 16.8 Å². The molecule has 2 aromatic heterocycles. The SMILES string of the molecule is CCCc1cc(N2CCN(c3ccccc3C)CC2)n2nc(C)c(-c3ccccc3)c2n1. The third-order valence-electron chi connectivity index (χ3n) is 6.43. The number of benzene rings is 2. The van der Waals surface area contributed by atoms with Crippen molar-refractivity contribution in [3.8, 4) is 11.1 Å². The molecular formula is C27H31N5. The van der Waals surface area contributed by atoms with E-state index in [-0.39, 0.29) is 0 Å². The van der Waals surface area contributed by atoms with Gasteiger partial charge in [0.15, 0.2) is 5.65 Å². The minimum absolute atomic E-state index is 0.969. The van der Waals surface area contributed by atoms with Gasteiger partial charge in [0.25, 0.3) is 0 Å². The molecule has 1 aliphatic heterocycles.